The number of aromatic nitrogens is 1. The van der Waals surface area contributed by atoms with Crippen molar-refractivity contribution in [1.29, 1.82) is 5.26 Å². The summed E-state index contributed by atoms with van der Waals surface area (Å²) in [6.07, 6.45) is -2.43. The number of aliphatic hydroxyl groups excluding tert-OH is 3. The number of hydrogen-bond acceptors (Lipinski definition) is 8. The van der Waals surface area contributed by atoms with Crippen LogP contribution in [0.5, 0.6) is 0 Å². The Balaban J connectivity index is 2.30. The van der Waals surface area contributed by atoms with E-state index in [1.807, 2.05) is 6.07 Å². The Bertz CT molecular complexity index is 665. The van der Waals surface area contributed by atoms with Gasteiger partial charge in [0.05, 0.1) is 23.8 Å². The highest BCUT2D eigenvalue weighted by molar-refractivity contribution is 7.99. The van der Waals surface area contributed by atoms with Crippen LogP contribution in [0.2, 0.25) is 5.02 Å². The summed E-state index contributed by atoms with van der Waals surface area (Å²) >= 11 is 6.79. The largest absolute Gasteiger partial charge is 0.394 e. The minimum absolute atomic E-state index is 0.0854. The molecule has 2 rings (SSSR count). The van der Waals surface area contributed by atoms with Crippen LogP contribution < -0.4 is 0 Å². The van der Waals surface area contributed by atoms with Gasteiger partial charge in [0.15, 0.2) is 5.69 Å². The molecule has 23 heavy (non-hydrogen) atoms. The quantitative estimate of drug-likeness (QED) is 0.409. The Morgan fingerprint density at radius 1 is 1.52 bits per heavy atom. The number of ether oxygens (including phenoxy) is 1. The lowest BCUT2D eigenvalue weighted by atomic mass is 9.98. The predicted octanol–water partition coefficient (Wildman–Crippen LogP) is 0.817. The van der Waals surface area contributed by atoms with E-state index in [1.165, 1.54) is 12.3 Å². The number of halogens is 1. The second-order valence-electron chi connectivity index (χ2n) is 4.63. The fourth-order valence-corrected chi connectivity index (χ4v) is 3.46. The van der Waals surface area contributed by atoms with Crippen LogP contribution >= 0.6 is 23.4 Å². The van der Waals surface area contributed by atoms with Gasteiger partial charge in [0.1, 0.15) is 23.7 Å². The van der Waals surface area contributed by atoms with Crippen molar-refractivity contribution in [3.63, 3.8) is 0 Å². The van der Waals surface area contributed by atoms with Crippen molar-refractivity contribution in [2.45, 2.75) is 34.7 Å². The van der Waals surface area contributed by atoms with Crippen molar-refractivity contribution in [2.75, 3.05) is 6.61 Å². The molecule has 11 heteroatoms. The summed E-state index contributed by atoms with van der Waals surface area (Å²) < 4.78 is 5.43. The van der Waals surface area contributed by atoms with Crippen LogP contribution in [0.15, 0.2) is 22.3 Å². The number of nitriles is 1. The van der Waals surface area contributed by atoms with Crippen LogP contribution in [0.4, 0.5) is 0 Å². The van der Waals surface area contributed by atoms with Gasteiger partial charge in [0, 0.05) is 16.0 Å². The van der Waals surface area contributed by atoms with Crippen LogP contribution in [0, 0.1) is 11.3 Å². The fraction of sp³-hybridized carbons (Fsp3) is 0.500. The van der Waals surface area contributed by atoms with Gasteiger partial charge in [-0.1, -0.05) is 28.5 Å². The molecule has 0 aromatic carbocycles. The maximum absolute atomic E-state index is 10.2. The first-order valence-electron chi connectivity index (χ1n) is 6.40. The van der Waals surface area contributed by atoms with Crippen molar-refractivity contribution < 1.29 is 20.1 Å². The van der Waals surface area contributed by atoms with Gasteiger partial charge in [-0.05, 0) is 11.6 Å². The molecule has 1 aromatic rings. The molecule has 9 nitrogen and oxygen atoms in total. The van der Waals surface area contributed by atoms with Crippen LogP contribution in [0.3, 0.4) is 0 Å². The monoisotopic (exact) mass is 357 g/mol. The highest BCUT2D eigenvalue weighted by atomic mass is 35.5. The van der Waals surface area contributed by atoms with Gasteiger partial charge in [0.2, 0.25) is 0 Å². The summed E-state index contributed by atoms with van der Waals surface area (Å²) in [6.45, 7) is -0.526. The molecule has 3 unspecified atom stereocenters. The Hall–Kier alpha value is -1.57. The third-order valence-electron chi connectivity index (χ3n) is 3.20. The molecule has 2 heterocycles. The SMILES string of the molecule is N#Cc1ncc(Cl)cc1S[C@H]1OC(CO)[C@H](O)C(N=[N+]=[N-])C1O. The van der Waals surface area contributed by atoms with E-state index in [-0.39, 0.29) is 5.69 Å². The number of thioether (sulfide) groups is 1. The van der Waals surface area contributed by atoms with Crippen LogP contribution in [0.25, 0.3) is 10.4 Å². The molecular weight excluding hydrogens is 346 g/mol. The molecule has 1 saturated heterocycles. The third-order valence-corrected chi connectivity index (χ3v) is 4.60. The highest BCUT2D eigenvalue weighted by Crippen LogP contribution is 2.36. The zero-order chi connectivity index (χ0) is 17.0. The molecule has 0 radical (unpaired) electrons. The molecule has 1 aromatic heterocycles. The van der Waals surface area contributed by atoms with Crippen molar-refractivity contribution in [3.05, 3.63) is 33.4 Å². The molecule has 122 valence electrons. The number of pyridine rings is 1. The number of hydrogen-bond donors (Lipinski definition) is 3. The second kappa shape index (κ2) is 7.81. The smallest absolute Gasteiger partial charge is 0.154 e. The summed E-state index contributed by atoms with van der Waals surface area (Å²) in [7, 11) is 0. The summed E-state index contributed by atoms with van der Waals surface area (Å²) in [4.78, 5) is 6.81. The van der Waals surface area contributed by atoms with Crippen LogP contribution in [-0.2, 0) is 4.74 Å². The molecule has 3 N–H and O–H groups in total. The van der Waals surface area contributed by atoms with E-state index in [1.54, 1.807) is 0 Å². The zero-order valence-electron chi connectivity index (χ0n) is 11.5. The van der Waals surface area contributed by atoms with E-state index < -0.39 is 36.4 Å². The standard InChI is InChI=1S/C12H12ClN5O4S/c13-5-1-8(6(2-14)16-3-5)23-12-11(21)9(17-18-15)10(20)7(4-19)22-12/h1,3,7,9-12,19-21H,4H2/t7?,9?,10-,11?,12+/m0/s1. The molecule has 1 aliphatic rings. The number of nitrogens with zero attached hydrogens (tertiary/aromatic N) is 5. The minimum Gasteiger partial charge on any atom is -0.394 e. The first kappa shape index (κ1) is 17.8. The predicted molar refractivity (Wildman–Crippen MR) is 80.5 cm³/mol. The summed E-state index contributed by atoms with van der Waals surface area (Å²) in [5.41, 5.74) is 7.66. The third kappa shape index (κ3) is 3.85. The normalized spacial score (nSPS) is 30.3. The Kier molecular flexibility index (Phi) is 6.04. The number of azide groups is 1. The molecule has 0 bridgehead atoms. The van der Waals surface area contributed by atoms with E-state index >= 15 is 0 Å². The van der Waals surface area contributed by atoms with Crippen LogP contribution in [0.1, 0.15) is 5.69 Å². The van der Waals surface area contributed by atoms with E-state index in [2.05, 4.69) is 15.0 Å². The van der Waals surface area contributed by atoms with Gasteiger partial charge < -0.3 is 20.1 Å². The first-order valence-corrected chi connectivity index (χ1v) is 7.66. The minimum atomic E-state index is -1.35. The van der Waals surface area contributed by atoms with Gasteiger partial charge in [-0.15, -0.1) is 0 Å². The van der Waals surface area contributed by atoms with E-state index in [0.717, 1.165) is 11.8 Å². The van der Waals surface area contributed by atoms with E-state index in [9.17, 15) is 15.3 Å². The summed E-state index contributed by atoms with van der Waals surface area (Å²) in [5.74, 6) is 0. The van der Waals surface area contributed by atoms with E-state index in [4.69, 9.17) is 27.1 Å². The van der Waals surface area contributed by atoms with Crippen molar-refractivity contribution in [2.24, 2.45) is 5.11 Å². The molecule has 0 aliphatic carbocycles. The Labute approximate surface area is 140 Å². The first-order chi connectivity index (χ1) is 11.0. The number of aliphatic hydroxyl groups is 3. The average Bonchev–Trinajstić information content (AvgIpc) is 2.54. The zero-order valence-corrected chi connectivity index (χ0v) is 13.1. The summed E-state index contributed by atoms with van der Waals surface area (Å²) in [6, 6.07) is 2.18. The lowest BCUT2D eigenvalue weighted by Crippen LogP contribution is -2.56. The van der Waals surface area contributed by atoms with E-state index in [0.29, 0.717) is 9.92 Å². The lowest BCUT2D eigenvalue weighted by molar-refractivity contribution is -0.159. The molecule has 0 spiro atoms. The van der Waals surface area contributed by atoms with Gasteiger partial charge in [-0.25, -0.2) is 4.98 Å². The van der Waals surface area contributed by atoms with Gasteiger partial charge >= 0.3 is 0 Å². The van der Waals surface area contributed by atoms with Crippen molar-refractivity contribution in [3.8, 4) is 6.07 Å². The molecule has 1 aliphatic heterocycles. The van der Waals surface area contributed by atoms with Gasteiger partial charge in [0.25, 0.3) is 0 Å². The maximum atomic E-state index is 10.2. The summed E-state index contributed by atoms with van der Waals surface area (Å²) in [5, 5.41) is 42.2. The fourth-order valence-electron chi connectivity index (χ4n) is 2.08. The van der Waals surface area contributed by atoms with Crippen molar-refractivity contribution in [1.82, 2.24) is 4.98 Å². The van der Waals surface area contributed by atoms with Gasteiger partial charge in [-0.2, -0.15) is 5.26 Å². The van der Waals surface area contributed by atoms with Gasteiger partial charge in [-0.3, -0.25) is 0 Å². The molecule has 5 atom stereocenters. The molecule has 1 fully saturated rings. The molecular formula is C12H12ClN5O4S. The maximum Gasteiger partial charge on any atom is 0.154 e. The van der Waals surface area contributed by atoms with Crippen molar-refractivity contribution >= 4 is 23.4 Å². The lowest BCUT2D eigenvalue weighted by Gasteiger charge is -2.40. The molecule has 0 amide bonds. The topological polar surface area (TPSA) is 155 Å². The number of rotatable bonds is 4. The Morgan fingerprint density at radius 2 is 2.26 bits per heavy atom. The van der Waals surface area contributed by atoms with Crippen LogP contribution in [-0.4, -0.2) is 56.7 Å². The molecule has 0 saturated carbocycles. The highest BCUT2D eigenvalue weighted by Gasteiger charge is 2.44. The second-order valence-corrected chi connectivity index (χ2v) is 6.21. The average molecular weight is 358 g/mol. The Morgan fingerprint density at radius 3 is 2.87 bits per heavy atom.